The molecule has 616 valence electrons. The molecule has 8 rings (SSSR count). The Morgan fingerprint density at radius 2 is 0.709 bits per heavy atom. The first-order valence-electron chi connectivity index (χ1n) is 32.6. The number of anilines is 6. The number of hydrogen-bond donors (Lipinski definition) is 16. The van der Waals surface area contributed by atoms with Crippen molar-refractivity contribution in [2.75, 3.05) is 58.2 Å². The minimum Gasteiger partial charge on any atom is -0.744 e. The molecule has 0 saturated carbocycles. The van der Waals surface area contributed by atoms with E-state index in [0.29, 0.717) is 45.4 Å². The number of hydrogen-bond acceptors (Lipinski definition) is 27. The predicted octanol–water partition coefficient (Wildman–Crippen LogP) is 8.25. The Morgan fingerprint density at radius 1 is 0.427 bits per heavy atom. The maximum atomic E-state index is 13.5. The second kappa shape index (κ2) is 42.1. The summed E-state index contributed by atoms with van der Waals surface area (Å²) < 4.78 is 158. The Bertz CT molecular complexity index is 5420. The van der Waals surface area contributed by atoms with Crippen LogP contribution in [0, 0.1) is 6.92 Å². The fourth-order valence-corrected chi connectivity index (χ4v) is 15.8. The number of carbonyl (C=O) groups excluding carboxylic acids is 4. The Balaban J connectivity index is 0.789. The van der Waals surface area contributed by atoms with Crippen molar-refractivity contribution in [1.29, 1.82) is 0 Å². The summed E-state index contributed by atoms with van der Waals surface area (Å²) in [6.45, 7) is 2.08. The molecular formula is C69H59Br4ClN16O19S8-4. The van der Waals surface area contributed by atoms with Crippen molar-refractivity contribution in [3.63, 3.8) is 0 Å². The molecule has 0 spiro atoms. The fraction of sp³-hybridized carbons (Fsp3) is 0.101. The van der Waals surface area contributed by atoms with Crippen LogP contribution in [0.4, 0.5) is 34.1 Å². The number of halogens is 5. The Hall–Kier alpha value is -9.77. The summed E-state index contributed by atoms with van der Waals surface area (Å²) in [5.41, 5.74) is 15.2. The highest BCUT2D eigenvalue weighted by Gasteiger charge is 2.29. The second-order valence-corrected chi connectivity index (χ2v) is 34.5. The smallest absolute Gasteiger partial charge is 0.272 e. The van der Waals surface area contributed by atoms with E-state index in [0.717, 1.165) is 60.2 Å². The molecule has 2 atom stereocenters. The number of benzene rings is 8. The number of thiocarbonyl (C=S) groups is 4. The highest BCUT2D eigenvalue weighted by Crippen LogP contribution is 2.35. The first kappa shape index (κ1) is 92.7. The van der Waals surface area contributed by atoms with Crippen molar-refractivity contribution in [3.05, 3.63) is 207 Å². The maximum absolute atomic E-state index is 13.5. The van der Waals surface area contributed by atoms with Crippen LogP contribution in [-0.4, -0.2) is 157 Å². The van der Waals surface area contributed by atoms with E-state index in [9.17, 15) is 81.3 Å². The van der Waals surface area contributed by atoms with Gasteiger partial charge in [0, 0.05) is 52.2 Å². The van der Waals surface area contributed by atoms with E-state index in [4.69, 9.17) is 65.2 Å². The topological polar surface area (TPSA) is 540 Å². The lowest BCUT2D eigenvalue weighted by atomic mass is 10.1. The number of carbonyl (C=O) groups is 4. The molecule has 0 aromatic heterocycles. The van der Waals surface area contributed by atoms with Crippen LogP contribution < -0.4 is 75.1 Å². The Morgan fingerprint density at radius 3 is 1.01 bits per heavy atom. The number of aromatic hydroxyl groups is 2. The van der Waals surface area contributed by atoms with E-state index in [-0.39, 0.29) is 103 Å². The van der Waals surface area contributed by atoms with Crippen molar-refractivity contribution >= 4 is 280 Å². The minimum absolute atomic E-state index is 0.0301. The summed E-state index contributed by atoms with van der Waals surface area (Å²) in [5, 5.41) is 49.3. The van der Waals surface area contributed by atoms with Gasteiger partial charge in [-0.1, -0.05) is 77.9 Å². The van der Waals surface area contributed by atoms with Gasteiger partial charge >= 0.3 is 0 Å². The van der Waals surface area contributed by atoms with Crippen LogP contribution in [-0.2, 0) is 64.4 Å². The number of nitrogens with one attached hydrogen (secondary N) is 14. The number of amides is 4. The van der Waals surface area contributed by atoms with Gasteiger partial charge in [0.15, 0.2) is 32.5 Å². The molecule has 8 aromatic carbocycles. The number of rotatable bonds is 30. The van der Waals surface area contributed by atoms with Crippen LogP contribution in [0.3, 0.4) is 0 Å². The normalized spacial score (nSPS) is 12.3. The molecule has 0 radical (unpaired) electrons. The fourth-order valence-electron chi connectivity index (χ4n) is 9.68. The van der Waals surface area contributed by atoms with Gasteiger partial charge in [0.1, 0.15) is 52.0 Å². The molecule has 48 heteroatoms. The van der Waals surface area contributed by atoms with Crippen LogP contribution in [0.25, 0.3) is 24.3 Å². The first-order valence-corrected chi connectivity index (χ1v) is 43.4. The van der Waals surface area contributed by atoms with Gasteiger partial charge in [-0.25, -0.2) is 44.5 Å². The molecule has 0 saturated heterocycles. The highest BCUT2D eigenvalue weighted by molar-refractivity contribution is 9.11. The Kier molecular flexibility index (Phi) is 33.3. The molecule has 0 aliphatic carbocycles. The standard InChI is InChI=1S/C69H63Br4ClN16O19S8/c1-36-2-14-44(15-3-36)79-58(62(93)85-77-34-37-26-50(70)60(91)51(71)27-37)64(95)87-89-68(112)83-48-18-10-41(56(32-48)116(103,104)105)6-4-39-8-16-46(30-54(39)114(97,98)99)81-66(110)75-22-24-109-25-23-76-67(111)82-47-17-9-40(55(31-47)115(100,101)102)5-7-42-11-19-49(33-57(42)117(106,107)108)84-69(113)90-88-65(96)59(80-45-20-12-43(74)13-21-45)63(94)86-78-35-38-28-52(72)61(92)53(73)29-38/h2-21,26-35,58-59,79-80,91-92H,22-25H2,1H3,(H,85,93)(H,86,94)(H,87,95)(H,88,96)(H2,75,81,110)(H2,76,82,111)(H2,83,89,112)(H2,84,90,113)(H,97,98,99)(H,100,101,102)(H,103,104,105)(H,106,107,108)/p-4/b6-4+,7-5+,77-34+,78-35+. The molecular weight excluding hydrogens is 1970 g/mol. The summed E-state index contributed by atoms with van der Waals surface area (Å²) in [4.78, 5) is 50.5. The zero-order chi connectivity index (χ0) is 85.7. The molecule has 0 bridgehead atoms. The summed E-state index contributed by atoms with van der Waals surface area (Å²) in [7, 11) is -21.0. The number of phenols is 2. The molecule has 8 aromatic rings. The van der Waals surface area contributed by atoms with Gasteiger partial charge in [0.2, 0.25) is 0 Å². The number of hydrazine groups is 2. The number of hydrazone groups is 2. The lowest BCUT2D eigenvalue weighted by molar-refractivity contribution is -0.132. The van der Waals surface area contributed by atoms with Crippen molar-refractivity contribution < 1.29 is 86.0 Å². The average Bonchev–Trinajstić information content (AvgIpc) is 0.804. The molecule has 0 aliphatic rings. The SMILES string of the molecule is Cc1ccc(NC(C(=O)N/N=C/c2cc(Br)c(O)c(Br)c2)C(=O)NNC(=S)Nc2ccc(/C=C/c3ccc(NC(=S)NCCOCCNC(=S)Nc4ccc(/C=C/c5ccc(NC(=S)NNC(=O)C(Nc6ccc(Cl)cc6)C(=O)N/N=C/c6cc(Br)c(O)c(Br)c6)cc5S(=O)(=O)[O-])c(S(=O)(=O)[O-])c4)cc3S(=O)(=O)[O-])c(S(=O)(=O)[O-])c2)cc1. The predicted molar refractivity (Wildman–Crippen MR) is 466 cm³/mol. The number of phenolic OH excluding ortho intramolecular Hbond substituents is 2. The molecule has 2 unspecified atom stereocenters. The number of aryl methyl sites for hydroxylation is 1. The lowest BCUT2D eigenvalue weighted by Crippen LogP contribution is -2.54. The van der Waals surface area contributed by atoms with E-state index >= 15 is 0 Å². The van der Waals surface area contributed by atoms with Gasteiger partial charge in [0.05, 0.1) is 63.1 Å². The van der Waals surface area contributed by atoms with E-state index in [2.05, 4.69) is 149 Å². The average molecular weight is 2030 g/mol. The summed E-state index contributed by atoms with van der Waals surface area (Å²) in [6, 6.07) is 29.1. The van der Waals surface area contributed by atoms with Crippen LogP contribution in [0.2, 0.25) is 5.02 Å². The van der Waals surface area contributed by atoms with Crippen molar-refractivity contribution in [1.82, 2.24) is 43.2 Å². The van der Waals surface area contributed by atoms with Crippen molar-refractivity contribution in [2.24, 2.45) is 10.2 Å². The number of nitrogens with zero attached hydrogens (tertiary/aromatic N) is 2. The molecule has 117 heavy (non-hydrogen) atoms. The summed E-state index contributed by atoms with van der Waals surface area (Å²) >= 11 is 40.1. The second-order valence-electron chi connectivity index (χ2n) is 23.7. The quantitative estimate of drug-likeness (QED) is 0.00383. The van der Waals surface area contributed by atoms with E-state index in [1.807, 2.05) is 6.92 Å². The van der Waals surface area contributed by atoms with Gasteiger partial charge in [0.25, 0.3) is 23.6 Å². The molecule has 0 aliphatic heterocycles. The Labute approximate surface area is 728 Å². The third-order valence-corrected chi connectivity index (χ3v) is 22.3. The molecule has 16 N–H and O–H groups in total. The number of ether oxygens (including phenoxy) is 1. The monoisotopic (exact) mass is 2020 g/mol. The van der Waals surface area contributed by atoms with Gasteiger partial charge in [-0.2, -0.15) is 10.2 Å². The van der Waals surface area contributed by atoms with E-state index in [1.54, 1.807) is 24.3 Å². The van der Waals surface area contributed by atoms with Crippen molar-refractivity contribution in [3.8, 4) is 11.5 Å². The van der Waals surface area contributed by atoms with Crippen LogP contribution in [0.1, 0.15) is 38.9 Å². The highest BCUT2D eigenvalue weighted by atomic mass is 79.9. The van der Waals surface area contributed by atoms with Crippen LogP contribution in [0.15, 0.2) is 193 Å². The van der Waals surface area contributed by atoms with Gasteiger partial charge in [-0.05, 0) is 262 Å². The third-order valence-electron chi connectivity index (χ3n) is 15.1. The lowest BCUT2D eigenvalue weighted by Gasteiger charge is -2.19. The van der Waals surface area contributed by atoms with Crippen LogP contribution >= 0.6 is 124 Å². The largest absolute Gasteiger partial charge is 0.744 e. The molecule has 0 heterocycles. The van der Waals surface area contributed by atoms with E-state index in [1.165, 1.54) is 103 Å². The summed E-state index contributed by atoms with van der Waals surface area (Å²) in [6.07, 6.45) is 6.81. The van der Waals surface area contributed by atoms with Gasteiger partial charge < -0.3 is 75.7 Å². The third kappa shape index (κ3) is 28.8. The zero-order valence-corrected chi connectivity index (χ0v) is 72.8. The molecule has 35 nitrogen and oxygen atoms in total. The first-order chi connectivity index (χ1) is 55.1. The summed E-state index contributed by atoms with van der Waals surface area (Å²) in [5.74, 6) is -3.98. The molecule has 0 fully saturated rings. The maximum Gasteiger partial charge on any atom is 0.272 e. The van der Waals surface area contributed by atoms with Gasteiger partial charge in [-0.15, -0.1) is 0 Å². The van der Waals surface area contributed by atoms with E-state index < -0.39 is 95.8 Å². The van der Waals surface area contributed by atoms with Gasteiger partial charge in [-0.3, -0.25) is 40.9 Å². The zero-order valence-electron chi connectivity index (χ0n) is 59.2. The minimum atomic E-state index is -5.28. The van der Waals surface area contributed by atoms with Crippen molar-refractivity contribution in [2.45, 2.75) is 38.6 Å². The molecule has 4 amide bonds. The van der Waals surface area contributed by atoms with Crippen LogP contribution in [0.5, 0.6) is 11.5 Å².